The Morgan fingerprint density at radius 1 is 1.33 bits per heavy atom. The van der Waals surface area contributed by atoms with Gasteiger partial charge in [0.05, 0.1) is 12.2 Å². The minimum atomic E-state index is -3.90. The molecule has 0 unspecified atom stereocenters. The average Bonchev–Trinajstić information content (AvgIpc) is 2.00. The van der Waals surface area contributed by atoms with Gasteiger partial charge in [0.25, 0.3) is 0 Å². The molecule has 0 aliphatic heterocycles. The van der Waals surface area contributed by atoms with E-state index in [2.05, 4.69) is 13.8 Å². The zero-order valence-electron chi connectivity index (χ0n) is 7.53. The topological polar surface area (TPSA) is 81.3 Å². The first-order valence-corrected chi connectivity index (χ1v) is 5.69. The Hall–Kier alpha value is -0.360. The summed E-state index contributed by atoms with van der Waals surface area (Å²) in [7, 11) is -3.90. The summed E-state index contributed by atoms with van der Waals surface area (Å²) in [6.07, 6.45) is 2.23. The average molecular weight is 193 g/mol. The molecule has 0 aliphatic rings. The van der Waals surface area contributed by atoms with Gasteiger partial charge in [0.15, 0.2) is 0 Å². The van der Waals surface area contributed by atoms with Crippen LogP contribution in [-0.4, -0.2) is 15.9 Å². The van der Waals surface area contributed by atoms with E-state index in [-0.39, 0.29) is 12.6 Å². The quantitative estimate of drug-likeness (QED) is 0.670. The second-order valence-corrected chi connectivity index (χ2v) is 4.07. The Labute approximate surface area is 73.4 Å². The van der Waals surface area contributed by atoms with Crippen molar-refractivity contribution in [3.8, 4) is 6.07 Å². The highest BCUT2D eigenvalue weighted by atomic mass is 31.2. The zero-order chi connectivity index (χ0) is 10.0. The lowest BCUT2D eigenvalue weighted by atomic mass is 10.4. The molecule has 0 amide bonds. The predicted molar refractivity (Wildman–Crippen MR) is 47.7 cm³/mol. The summed E-state index contributed by atoms with van der Waals surface area (Å²) in [6, 6.07) is 1.63. The molecule has 4 nitrogen and oxygen atoms in total. The van der Waals surface area contributed by atoms with Crippen LogP contribution in [0.5, 0.6) is 0 Å². The standard InChI is InChI=1S/C4H10.C3H6NO3P/c1-3-4-2;4-2-1-3-8(5,6)7/h3-4H2,1-2H3;1,3H2,(H2,5,6,7). The third kappa shape index (κ3) is 22.6. The molecule has 0 rings (SSSR count). The van der Waals surface area contributed by atoms with Gasteiger partial charge in [-0.25, -0.2) is 0 Å². The van der Waals surface area contributed by atoms with Gasteiger partial charge in [0.2, 0.25) is 0 Å². The fraction of sp³-hybridized carbons (Fsp3) is 0.857. The first kappa shape index (κ1) is 14.2. The molecule has 0 saturated heterocycles. The Morgan fingerprint density at radius 3 is 1.83 bits per heavy atom. The molecule has 0 aromatic heterocycles. The number of nitriles is 1. The molecule has 0 spiro atoms. The molecule has 0 aliphatic carbocycles. The van der Waals surface area contributed by atoms with Crippen molar-refractivity contribution in [2.24, 2.45) is 0 Å². The van der Waals surface area contributed by atoms with E-state index in [1.54, 1.807) is 6.07 Å². The monoisotopic (exact) mass is 193 g/mol. The van der Waals surface area contributed by atoms with E-state index in [0.29, 0.717) is 0 Å². The molecule has 0 radical (unpaired) electrons. The summed E-state index contributed by atoms with van der Waals surface area (Å²) in [5, 5.41) is 7.84. The lowest BCUT2D eigenvalue weighted by Crippen LogP contribution is -1.83. The Morgan fingerprint density at radius 2 is 1.75 bits per heavy atom. The number of hydrogen-bond acceptors (Lipinski definition) is 2. The molecular weight excluding hydrogens is 177 g/mol. The fourth-order valence-corrected chi connectivity index (χ4v) is 0.587. The van der Waals surface area contributed by atoms with Gasteiger partial charge in [-0.1, -0.05) is 26.7 Å². The van der Waals surface area contributed by atoms with E-state index in [1.807, 2.05) is 0 Å². The molecule has 0 saturated carbocycles. The molecule has 72 valence electrons. The zero-order valence-corrected chi connectivity index (χ0v) is 8.42. The number of unbranched alkanes of at least 4 members (excludes halogenated alkanes) is 1. The van der Waals surface area contributed by atoms with Crippen molar-refractivity contribution in [2.45, 2.75) is 33.1 Å². The molecule has 0 aromatic carbocycles. The van der Waals surface area contributed by atoms with Gasteiger partial charge in [0.1, 0.15) is 0 Å². The van der Waals surface area contributed by atoms with Crippen LogP contribution in [0.2, 0.25) is 0 Å². The van der Waals surface area contributed by atoms with Gasteiger partial charge in [0, 0.05) is 6.42 Å². The third-order valence-corrected chi connectivity index (χ3v) is 1.82. The van der Waals surface area contributed by atoms with Crippen LogP contribution in [0.15, 0.2) is 0 Å². The summed E-state index contributed by atoms with van der Waals surface area (Å²) in [4.78, 5) is 16.2. The Bertz CT molecular complexity index is 168. The van der Waals surface area contributed by atoms with Crippen molar-refractivity contribution in [1.82, 2.24) is 0 Å². The maximum absolute atomic E-state index is 9.93. The second-order valence-electron chi connectivity index (χ2n) is 2.30. The van der Waals surface area contributed by atoms with Crippen molar-refractivity contribution in [2.75, 3.05) is 6.16 Å². The summed E-state index contributed by atoms with van der Waals surface area (Å²) in [5.41, 5.74) is 0. The molecular formula is C7H16NO3P. The van der Waals surface area contributed by atoms with Crippen LogP contribution in [0.25, 0.3) is 0 Å². The number of hydrogen-bond donors (Lipinski definition) is 2. The van der Waals surface area contributed by atoms with E-state index in [1.165, 1.54) is 12.8 Å². The first-order chi connectivity index (χ1) is 5.47. The normalized spacial score (nSPS) is 9.58. The lowest BCUT2D eigenvalue weighted by Gasteiger charge is -1.95. The summed E-state index contributed by atoms with van der Waals surface area (Å²) >= 11 is 0. The van der Waals surface area contributed by atoms with Gasteiger partial charge < -0.3 is 9.79 Å². The van der Waals surface area contributed by atoms with Crippen LogP contribution in [0.1, 0.15) is 33.1 Å². The molecule has 0 fully saturated rings. The van der Waals surface area contributed by atoms with Crippen LogP contribution in [0.3, 0.4) is 0 Å². The minimum absolute atomic E-state index is 0.0791. The molecule has 5 heteroatoms. The van der Waals surface area contributed by atoms with Crippen molar-refractivity contribution >= 4 is 7.60 Å². The summed E-state index contributed by atoms with van der Waals surface area (Å²) < 4.78 is 9.93. The van der Waals surface area contributed by atoms with E-state index < -0.39 is 7.60 Å². The van der Waals surface area contributed by atoms with Crippen LogP contribution in [-0.2, 0) is 4.57 Å². The molecule has 0 bridgehead atoms. The van der Waals surface area contributed by atoms with E-state index in [0.717, 1.165) is 0 Å². The van der Waals surface area contributed by atoms with Crippen LogP contribution in [0.4, 0.5) is 0 Å². The number of rotatable bonds is 3. The highest BCUT2D eigenvalue weighted by Crippen LogP contribution is 2.34. The lowest BCUT2D eigenvalue weighted by molar-refractivity contribution is 0.373. The van der Waals surface area contributed by atoms with Gasteiger partial charge in [-0.05, 0) is 0 Å². The van der Waals surface area contributed by atoms with Crippen molar-refractivity contribution in [1.29, 1.82) is 5.26 Å². The van der Waals surface area contributed by atoms with Crippen LogP contribution >= 0.6 is 7.60 Å². The largest absolute Gasteiger partial charge is 0.326 e. The molecule has 0 heterocycles. The maximum atomic E-state index is 9.93. The molecule has 0 aromatic rings. The predicted octanol–water partition coefficient (Wildman–Crippen LogP) is 1.88. The fourth-order valence-electron chi connectivity index (χ4n) is 0.196. The van der Waals surface area contributed by atoms with Crippen molar-refractivity contribution in [3.63, 3.8) is 0 Å². The van der Waals surface area contributed by atoms with Gasteiger partial charge in [-0.2, -0.15) is 5.26 Å². The highest BCUT2D eigenvalue weighted by molar-refractivity contribution is 7.51. The highest BCUT2D eigenvalue weighted by Gasteiger charge is 2.10. The smallest absolute Gasteiger partial charge is 0.324 e. The molecule has 12 heavy (non-hydrogen) atoms. The minimum Gasteiger partial charge on any atom is -0.324 e. The summed E-state index contributed by atoms with van der Waals surface area (Å²) in [6.45, 7) is 4.36. The van der Waals surface area contributed by atoms with Crippen LogP contribution < -0.4 is 0 Å². The van der Waals surface area contributed by atoms with Crippen LogP contribution in [0, 0.1) is 11.3 Å². The van der Waals surface area contributed by atoms with Crippen molar-refractivity contribution in [3.05, 3.63) is 0 Å². The van der Waals surface area contributed by atoms with E-state index >= 15 is 0 Å². The first-order valence-electron chi connectivity index (χ1n) is 3.89. The Balaban J connectivity index is 0. The molecule has 2 N–H and O–H groups in total. The van der Waals surface area contributed by atoms with Crippen molar-refractivity contribution < 1.29 is 14.4 Å². The van der Waals surface area contributed by atoms with Gasteiger partial charge in [-0.3, -0.25) is 4.57 Å². The number of nitrogens with zero attached hydrogens (tertiary/aromatic N) is 1. The van der Waals surface area contributed by atoms with Gasteiger partial charge in [-0.15, -0.1) is 0 Å². The summed E-state index contributed by atoms with van der Waals surface area (Å²) in [5.74, 6) is 0. The van der Waals surface area contributed by atoms with Gasteiger partial charge >= 0.3 is 7.60 Å². The maximum Gasteiger partial charge on any atom is 0.326 e. The molecule has 0 atom stereocenters. The second kappa shape index (κ2) is 8.73. The Kier molecular flexibility index (Phi) is 10.3. The van der Waals surface area contributed by atoms with E-state index in [4.69, 9.17) is 15.0 Å². The SMILES string of the molecule is CCCC.N#CCCP(=O)(O)O. The third-order valence-electron chi connectivity index (χ3n) is 1.01. The van der Waals surface area contributed by atoms with E-state index in [9.17, 15) is 4.57 Å².